The van der Waals surface area contributed by atoms with Gasteiger partial charge in [-0.25, -0.2) is 0 Å². The van der Waals surface area contributed by atoms with Crippen molar-refractivity contribution in [1.82, 2.24) is 15.4 Å². The van der Waals surface area contributed by atoms with E-state index >= 15 is 0 Å². The zero-order valence-corrected chi connectivity index (χ0v) is 9.76. The average Bonchev–Trinajstić information content (AvgIpc) is 2.41. The van der Waals surface area contributed by atoms with E-state index in [1.54, 1.807) is 31.0 Å². The molecule has 0 aliphatic heterocycles. The standard InChI is InChI=1S/C12H10N4S/c17-12(11-2-1-5-14-9-11)16-15-8-10-3-6-13-7-4-10/h1-9H,(H,16,17). The summed E-state index contributed by atoms with van der Waals surface area (Å²) in [4.78, 5) is 8.45. The molecule has 0 unspecified atom stereocenters. The number of thiocarbonyl (C=S) groups is 1. The number of nitrogens with one attached hydrogen (secondary N) is 1. The molecule has 1 N–H and O–H groups in total. The van der Waals surface area contributed by atoms with E-state index in [9.17, 15) is 0 Å². The average molecular weight is 242 g/mol. The summed E-state index contributed by atoms with van der Waals surface area (Å²) in [5.41, 5.74) is 4.59. The monoisotopic (exact) mass is 242 g/mol. The summed E-state index contributed by atoms with van der Waals surface area (Å²) < 4.78 is 0. The van der Waals surface area contributed by atoms with E-state index in [4.69, 9.17) is 12.2 Å². The van der Waals surface area contributed by atoms with Gasteiger partial charge < -0.3 is 0 Å². The van der Waals surface area contributed by atoms with Gasteiger partial charge in [0.05, 0.1) is 6.21 Å². The predicted molar refractivity (Wildman–Crippen MR) is 70.9 cm³/mol. The second kappa shape index (κ2) is 5.81. The Morgan fingerprint density at radius 3 is 2.71 bits per heavy atom. The zero-order valence-electron chi connectivity index (χ0n) is 8.95. The molecule has 5 heteroatoms. The highest BCUT2D eigenvalue weighted by molar-refractivity contribution is 7.80. The van der Waals surface area contributed by atoms with E-state index in [0.29, 0.717) is 4.99 Å². The summed E-state index contributed by atoms with van der Waals surface area (Å²) in [7, 11) is 0. The quantitative estimate of drug-likeness (QED) is 0.506. The Labute approximate surface area is 104 Å². The molecule has 4 nitrogen and oxygen atoms in total. The summed E-state index contributed by atoms with van der Waals surface area (Å²) in [6.07, 6.45) is 8.50. The topological polar surface area (TPSA) is 50.2 Å². The zero-order chi connectivity index (χ0) is 11.9. The number of nitrogens with zero attached hydrogens (tertiary/aromatic N) is 3. The van der Waals surface area contributed by atoms with Crippen LogP contribution in [-0.4, -0.2) is 21.2 Å². The van der Waals surface area contributed by atoms with Gasteiger partial charge in [-0.05, 0) is 29.8 Å². The van der Waals surface area contributed by atoms with Gasteiger partial charge in [0.1, 0.15) is 4.99 Å². The van der Waals surface area contributed by atoms with Crippen LogP contribution in [0.15, 0.2) is 54.2 Å². The molecule has 0 spiro atoms. The molecule has 2 rings (SSSR count). The van der Waals surface area contributed by atoms with Crippen molar-refractivity contribution >= 4 is 23.4 Å². The van der Waals surface area contributed by atoms with Crippen molar-refractivity contribution in [2.45, 2.75) is 0 Å². The summed E-state index contributed by atoms with van der Waals surface area (Å²) in [5.74, 6) is 0. The first-order chi connectivity index (χ1) is 8.36. The van der Waals surface area contributed by atoms with E-state index in [0.717, 1.165) is 11.1 Å². The third-order valence-electron chi connectivity index (χ3n) is 2.01. The van der Waals surface area contributed by atoms with Crippen LogP contribution in [0, 0.1) is 0 Å². The van der Waals surface area contributed by atoms with Crippen molar-refractivity contribution in [1.29, 1.82) is 0 Å². The van der Waals surface area contributed by atoms with Crippen molar-refractivity contribution in [2.24, 2.45) is 5.10 Å². The lowest BCUT2D eigenvalue weighted by Gasteiger charge is -2.01. The number of hydrogen-bond donors (Lipinski definition) is 1. The maximum atomic E-state index is 5.16. The van der Waals surface area contributed by atoms with E-state index in [1.165, 1.54) is 0 Å². The van der Waals surface area contributed by atoms with Gasteiger partial charge in [-0.1, -0.05) is 12.2 Å². The normalized spacial score (nSPS) is 10.4. The molecule has 0 aliphatic rings. The van der Waals surface area contributed by atoms with Crippen molar-refractivity contribution < 1.29 is 0 Å². The molecule has 0 atom stereocenters. The molecule has 2 heterocycles. The van der Waals surface area contributed by atoms with Crippen molar-refractivity contribution in [3.05, 3.63) is 60.2 Å². The first kappa shape index (κ1) is 11.3. The van der Waals surface area contributed by atoms with Crippen molar-refractivity contribution in [3.8, 4) is 0 Å². The van der Waals surface area contributed by atoms with Crippen LogP contribution in [0.25, 0.3) is 0 Å². The Kier molecular flexibility index (Phi) is 3.88. The minimum absolute atomic E-state index is 0.545. The van der Waals surface area contributed by atoms with E-state index in [-0.39, 0.29) is 0 Å². The largest absolute Gasteiger partial charge is 0.267 e. The fraction of sp³-hybridized carbons (Fsp3) is 0. The number of hydrogen-bond acceptors (Lipinski definition) is 4. The van der Waals surface area contributed by atoms with Gasteiger partial charge in [0.25, 0.3) is 0 Å². The van der Waals surface area contributed by atoms with Crippen LogP contribution in [0.5, 0.6) is 0 Å². The van der Waals surface area contributed by atoms with Crippen LogP contribution in [0.1, 0.15) is 11.1 Å². The van der Waals surface area contributed by atoms with Crippen LogP contribution in [0.2, 0.25) is 0 Å². The molecule has 0 saturated carbocycles. The summed E-state index contributed by atoms with van der Waals surface area (Å²) >= 11 is 5.16. The molecule has 0 aromatic carbocycles. The highest BCUT2D eigenvalue weighted by Gasteiger charge is 1.97. The lowest BCUT2D eigenvalue weighted by molar-refractivity contribution is 1.05. The molecule has 0 amide bonds. The van der Waals surface area contributed by atoms with E-state index in [2.05, 4.69) is 20.5 Å². The Hall–Kier alpha value is -2.14. The third-order valence-corrected chi connectivity index (χ3v) is 2.34. The maximum absolute atomic E-state index is 5.16. The number of rotatable bonds is 3. The number of pyridine rings is 2. The SMILES string of the molecule is S=C(NN=Cc1ccncc1)c1cccnc1. The van der Waals surface area contributed by atoms with Gasteiger partial charge in [-0.2, -0.15) is 5.10 Å². The molecule has 84 valence electrons. The van der Waals surface area contributed by atoms with Gasteiger partial charge in [-0.3, -0.25) is 15.4 Å². The molecule has 0 bridgehead atoms. The second-order valence-corrected chi connectivity index (χ2v) is 3.63. The smallest absolute Gasteiger partial charge is 0.128 e. The van der Waals surface area contributed by atoms with E-state index < -0.39 is 0 Å². The minimum Gasteiger partial charge on any atom is -0.267 e. The molecular weight excluding hydrogens is 232 g/mol. The van der Waals surface area contributed by atoms with Crippen molar-refractivity contribution in [3.63, 3.8) is 0 Å². The van der Waals surface area contributed by atoms with Crippen LogP contribution < -0.4 is 5.43 Å². The summed E-state index contributed by atoms with van der Waals surface area (Å²) in [6, 6.07) is 7.43. The molecule has 2 aromatic heterocycles. The molecular formula is C12H10N4S. The van der Waals surface area contributed by atoms with Gasteiger partial charge in [-0.15, -0.1) is 0 Å². The molecule has 0 radical (unpaired) electrons. The Balaban J connectivity index is 1.95. The van der Waals surface area contributed by atoms with Gasteiger partial charge in [0.15, 0.2) is 0 Å². The summed E-state index contributed by atoms with van der Waals surface area (Å²) in [5, 5.41) is 4.05. The fourth-order valence-corrected chi connectivity index (χ4v) is 1.35. The van der Waals surface area contributed by atoms with Crippen LogP contribution in [0.3, 0.4) is 0 Å². The third kappa shape index (κ3) is 3.42. The maximum Gasteiger partial charge on any atom is 0.128 e. The van der Waals surface area contributed by atoms with Crippen LogP contribution >= 0.6 is 12.2 Å². The molecule has 17 heavy (non-hydrogen) atoms. The first-order valence-corrected chi connectivity index (χ1v) is 5.40. The lowest BCUT2D eigenvalue weighted by Crippen LogP contribution is -2.16. The molecule has 0 aliphatic carbocycles. The Bertz CT molecular complexity index is 511. The molecule has 0 saturated heterocycles. The van der Waals surface area contributed by atoms with Crippen LogP contribution in [-0.2, 0) is 0 Å². The summed E-state index contributed by atoms with van der Waals surface area (Å²) in [6.45, 7) is 0. The van der Waals surface area contributed by atoms with Gasteiger partial charge >= 0.3 is 0 Å². The van der Waals surface area contributed by atoms with Gasteiger partial charge in [0.2, 0.25) is 0 Å². The fourth-order valence-electron chi connectivity index (χ4n) is 1.18. The predicted octanol–water partition coefficient (Wildman–Crippen LogP) is 1.78. The molecule has 2 aromatic rings. The Morgan fingerprint density at radius 1 is 1.18 bits per heavy atom. The van der Waals surface area contributed by atoms with Gasteiger partial charge in [0, 0.05) is 30.4 Å². The lowest BCUT2D eigenvalue weighted by atomic mass is 10.3. The Morgan fingerprint density at radius 2 is 2.00 bits per heavy atom. The number of hydrazone groups is 1. The highest BCUT2D eigenvalue weighted by Crippen LogP contribution is 1.96. The highest BCUT2D eigenvalue weighted by atomic mass is 32.1. The second-order valence-electron chi connectivity index (χ2n) is 3.22. The first-order valence-electron chi connectivity index (χ1n) is 5.00. The van der Waals surface area contributed by atoms with Crippen molar-refractivity contribution in [2.75, 3.05) is 0 Å². The minimum atomic E-state index is 0.545. The van der Waals surface area contributed by atoms with E-state index in [1.807, 2.05) is 24.3 Å². The number of aromatic nitrogens is 2. The molecule has 0 fully saturated rings. The van der Waals surface area contributed by atoms with Crippen LogP contribution in [0.4, 0.5) is 0 Å².